The highest BCUT2D eigenvalue weighted by Crippen LogP contribution is 2.29. The Morgan fingerprint density at radius 1 is 1.13 bits per heavy atom. The van der Waals surface area contributed by atoms with E-state index in [4.69, 9.17) is 27.6 Å². The van der Waals surface area contributed by atoms with E-state index in [1.165, 1.54) is 6.07 Å². The third-order valence-corrected chi connectivity index (χ3v) is 2.45. The summed E-state index contributed by atoms with van der Waals surface area (Å²) in [6, 6.07) is 10.4. The van der Waals surface area contributed by atoms with Crippen molar-refractivity contribution in [3.05, 3.63) is 47.2 Å². The highest BCUT2D eigenvalue weighted by molar-refractivity contribution is 6.67. The van der Waals surface area contributed by atoms with Crippen molar-refractivity contribution in [3.8, 4) is 11.3 Å². The SMILES string of the molecule is O=C(Cl)c1ccc(-c2ccccc2Cl)o1. The van der Waals surface area contributed by atoms with Crippen LogP contribution in [0, 0.1) is 0 Å². The summed E-state index contributed by atoms with van der Waals surface area (Å²) in [7, 11) is 0. The molecule has 0 unspecified atom stereocenters. The lowest BCUT2D eigenvalue weighted by molar-refractivity contribution is 0.105. The lowest BCUT2D eigenvalue weighted by Crippen LogP contribution is -1.82. The number of furan rings is 1. The van der Waals surface area contributed by atoms with Gasteiger partial charge in [0.1, 0.15) is 5.76 Å². The van der Waals surface area contributed by atoms with Crippen molar-refractivity contribution in [3.63, 3.8) is 0 Å². The van der Waals surface area contributed by atoms with Gasteiger partial charge in [-0.3, -0.25) is 4.79 Å². The molecule has 76 valence electrons. The summed E-state index contributed by atoms with van der Waals surface area (Å²) in [5.41, 5.74) is 0.739. The van der Waals surface area contributed by atoms with Gasteiger partial charge in [-0.1, -0.05) is 23.7 Å². The van der Waals surface area contributed by atoms with Gasteiger partial charge in [-0.25, -0.2) is 0 Å². The molecule has 0 radical (unpaired) electrons. The van der Waals surface area contributed by atoms with E-state index in [-0.39, 0.29) is 5.76 Å². The molecule has 0 aliphatic heterocycles. The van der Waals surface area contributed by atoms with Crippen LogP contribution in [0.3, 0.4) is 0 Å². The lowest BCUT2D eigenvalue weighted by atomic mass is 10.2. The molecule has 0 spiro atoms. The number of benzene rings is 1. The van der Waals surface area contributed by atoms with Crippen LogP contribution in [0.2, 0.25) is 5.02 Å². The van der Waals surface area contributed by atoms with Crippen LogP contribution < -0.4 is 0 Å². The zero-order valence-corrected chi connectivity index (χ0v) is 9.05. The maximum absolute atomic E-state index is 10.8. The molecule has 0 saturated carbocycles. The van der Waals surface area contributed by atoms with E-state index in [0.717, 1.165) is 5.56 Å². The fourth-order valence-electron chi connectivity index (χ4n) is 1.25. The van der Waals surface area contributed by atoms with Crippen molar-refractivity contribution < 1.29 is 9.21 Å². The van der Waals surface area contributed by atoms with Crippen LogP contribution in [0.1, 0.15) is 10.6 Å². The summed E-state index contributed by atoms with van der Waals surface area (Å²) in [6.45, 7) is 0. The number of hydrogen-bond acceptors (Lipinski definition) is 2. The lowest BCUT2D eigenvalue weighted by Gasteiger charge is -1.98. The van der Waals surface area contributed by atoms with Gasteiger partial charge < -0.3 is 4.42 Å². The van der Waals surface area contributed by atoms with E-state index in [1.807, 2.05) is 18.2 Å². The highest BCUT2D eigenvalue weighted by atomic mass is 35.5. The van der Waals surface area contributed by atoms with Gasteiger partial charge in [-0.15, -0.1) is 0 Å². The molecule has 0 N–H and O–H groups in total. The number of hydrogen-bond donors (Lipinski definition) is 0. The molecular formula is C11H6Cl2O2. The molecular weight excluding hydrogens is 235 g/mol. The van der Waals surface area contributed by atoms with E-state index in [9.17, 15) is 4.79 Å². The van der Waals surface area contributed by atoms with Gasteiger partial charge >= 0.3 is 0 Å². The largest absolute Gasteiger partial charge is 0.452 e. The normalized spacial score (nSPS) is 10.3. The van der Waals surface area contributed by atoms with Gasteiger partial charge in [-0.05, 0) is 35.9 Å². The second kappa shape index (κ2) is 4.09. The minimum Gasteiger partial charge on any atom is -0.452 e. The zero-order chi connectivity index (χ0) is 10.8. The Balaban J connectivity index is 2.46. The number of carbonyl (C=O) groups is 1. The van der Waals surface area contributed by atoms with E-state index in [2.05, 4.69) is 0 Å². The summed E-state index contributed by atoms with van der Waals surface area (Å²) in [6.07, 6.45) is 0. The van der Waals surface area contributed by atoms with Gasteiger partial charge in [0.25, 0.3) is 5.24 Å². The highest BCUT2D eigenvalue weighted by Gasteiger charge is 2.11. The first-order chi connectivity index (χ1) is 7.18. The van der Waals surface area contributed by atoms with Crippen molar-refractivity contribution in [2.45, 2.75) is 0 Å². The fourth-order valence-corrected chi connectivity index (χ4v) is 1.58. The third-order valence-electron chi connectivity index (χ3n) is 1.94. The first kappa shape index (κ1) is 10.3. The van der Waals surface area contributed by atoms with E-state index in [0.29, 0.717) is 10.8 Å². The van der Waals surface area contributed by atoms with Gasteiger partial charge in [0.15, 0.2) is 5.76 Å². The van der Waals surface area contributed by atoms with Crippen LogP contribution in [-0.4, -0.2) is 5.24 Å². The molecule has 0 aliphatic rings. The van der Waals surface area contributed by atoms with Crippen LogP contribution in [0.4, 0.5) is 0 Å². The molecule has 0 fully saturated rings. The summed E-state index contributed by atoms with van der Waals surface area (Å²) in [4.78, 5) is 10.8. The smallest absolute Gasteiger partial charge is 0.287 e. The van der Waals surface area contributed by atoms with Crippen molar-refractivity contribution >= 4 is 28.4 Å². The molecule has 0 aliphatic carbocycles. The maximum Gasteiger partial charge on any atom is 0.287 e. The molecule has 1 aromatic carbocycles. The Bertz CT molecular complexity index is 503. The molecule has 0 bridgehead atoms. The minimum atomic E-state index is -0.617. The Labute approximate surface area is 96.4 Å². The van der Waals surface area contributed by atoms with Crippen molar-refractivity contribution in [2.75, 3.05) is 0 Å². The Hall–Kier alpha value is -1.25. The quantitative estimate of drug-likeness (QED) is 0.744. The van der Waals surface area contributed by atoms with Gasteiger partial charge in [0.2, 0.25) is 0 Å². The molecule has 1 heterocycles. The molecule has 4 heteroatoms. The topological polar surface area (TPSA) is 30.2 Å². The molecule has 2 aromatic rings. The second-order valence-corrected chi connectivity index (χ2v) is 3.67. The first-order valence-corrected chi connectivity index (χ1v) is 4.98. The predicted octanol–water partition coefficient (Wildman–Crippen LogP) is 3.98. The predicted molar refractivity (Wildman–Crippen MR) is 59.3 cm³/mol. The summed E-state index contributed by atoms with van der Waals surface area (Å²) in [5.74, 6) is 0.649. The second-order valence-electron chi connectivity index (χ2n) is 2.92. The van der Waals surface area contributed by atoms with E-state index in [1.54, 1.807) is 12.1 Å². The van der Waals surface area contributed by atoms with E-state index >= 15 is 0 Å². The average molecular weight is 241 g/mol. The number of carbonyl (C=O) groups excluding carboxylic acids is 1. The maximum atomic E-state index is 10.8. The zero-order valence-electron chi connectivity index (χ0n) is 7.54. The molecule has 0 amide bonds. The van der Waals surface area contributed by atoms with Crippen LogP contribution in [0.5, 0.6) is 0 Å². The summed E-state index contributed by atoms with van der Waals surface area (Å²) < 4.78 is 5.25. The number of rotatable bonds is 2. The standard InChI is InChI=1S/C11H6Cl2O2/c12-8-4-2-1-3-7(8)9-5-6-10(15-9)11(13)14/h1-6H. The Morgan fingerprint density at radius 2 is 1.87 bits per heavy atom. The van der Waals surface area contributed by atoms with Gasteiger partial charge in [-0.2, -0.15) is 0 Å². The van der Waals surface area contributed by atoms with E-state index < -0.39 is 5.24 Å². The molecule has 1 aromatic heterocycles. The molecule has 15 heavy (non-hydrogen) atoms. The first-order valence-electron chi connectivity index (χ1n) is 4.23. The van der Waals surface area contributed by atoms with Gasteiger partial charge in [0.05, 0.1) is 5.02 Å². The summed E-state index contributed by atoms with van der Waals surface area (Å²) >= 11 is 11.2. The average Bonchev–Trinajstić information content (AvgIpc) is 2.67. The number of halogens is 2. The molecule has 2 rings (SSSR count). The van der Waals surface area contributed by atoms with Crippen molar-refractivity contribution in [1.82, 2.24) is 0 Å². The fraction of sp³-hybridized carbons (Fsp3) is 0. The Kier molecular flexibility index (Phi) is 2.80. The monoisotopic (exact) mass is 240 g/mol. The Morgan fingerprint density at radius 3 is 2.47 bits per heavy atom. The molecule has 0 saturated heterocycles. The molecule has 0 atom stereocenters. The third kappa shape index (κ3) is 2.06. The van der Waals surface area contributed by atoms with Crippen LogP contribution in [-0.2, 0) is 0 Å². The summed E-state index contributed by atoms with van der Waals surface area (Å²) in [5, 5.41) is -0.0475. The van der Waals surface area contributed by atoms with Crippen LogP contribution in [0.15, 0.2) is 40.8 Å². The molecule has 2 nitrogen and oxygen atoms in total. The van der Waals surface area contributed by atoms with Gasteiger partial charge in [0, 0.05) is 5.56 Å². The van der Waals surface area contributed by atoms with Crippen molar-refractivity contribution in [2.24, 2.45) is 0 Å². The van der Waals surface area contributed by atoms with Crippen LogP contribution in [0.25, 0.3) is 11.3 Å². The van der Waals surface area contributed by atoms with Crippen molar-refractivity contribution in [1.29, 1.82) is 0 Å². The minimum absolute atomic E-state index is 0.117. The van der Waals surface area contributed by atoms with Crippen LogP contribution >= 0.6 is 23.2 Å².